The molecule has 1 aromatic rings. The fourth-order valence-corrected chi connectivity index (χ4v) is 2.00. The van der Waals surface area contributed by atoms with Crippen molar-refractivity contribution >= 4 is 11.6 Å². The van der Waals surface area contributed by atoms with Gasteiger partial charge in [0.1, 0.15) is 0 Å². The van der Waals surface area contributed by atoms with E-state index in [0.717, 1.165) is 30.6 Å². The number of halogens is 1. The lowest BCUT2D eigenvalue weighted by atomic mass is 10.2. The molecule has 1 fully saturated rings. The number of benzene rings is 1. The summed E-state index contributed by atoms with van der Waals surface area (Å²) in [6.45, 7) is 4.37. The van der Waals surface area contributed by atoms with Crippen molar-refractivity contribution in [3.63, 3.8) is 0 Å². The summed E-state index contributed by atoms with van der Waals surface area (Å²) < 4.78 is 0. The molecular weight excluding hydrogens is 232 g/mol. The molecule has 0 atom stereocenters. The van der Waals surface area contributed by atoms with Crippen molar-refractivity contribution in [3.05, 3.63) is 34.9 Å². The zero-order chi connectivity index (χ0) is 12.1. The summed E-state index contributed by atoms with van der Waals surface area (Å²) in [4.78, 5) is 2.34. The van der Waals surface area contributed by atoms with E-state index in [2.05, 4.69) is 29.4 Å². The molecule has 17 heavy (non-hydrogen) atoms. The minimum Gasteiger partial charge on any atom is -0.315 e. The lowest BCUT2D eigenvalue weighted by Crippen LogP contribution is -2.30. The van der Waals surface area contributed by atoms with Gasteiger partial charge in [0.05, 0.1) is 0 Å². The molecule has 94 valence electrons. The van der Waals surface area contributed by atoms with Gasteiger partial charge >= 0.3 is 0 Å². The second kappa shape index (κ2) is 6.39. The van der Waals surface area contributed by atoms with Gasteiger partial charge in [0.15, 0.2) is 0 Å². The van der Waals surface area contributed by atoms with E-state index in [0.29, 0.717) is 0 Å². The van der Waals surface area contributed by atoms with Gasteiger partial charge in [0.2, 0.25) is 0 Å². The van der Waals surface area contributed by atoms with Crippen molar-refractivity contribution in [1.82, 2.24) is 10.2 Å². The van der Waals surface area contributed by atoms with Crippen LogP contribution in [0.15, 0.2) is 24.3 Å². The van der Waals surface area contributed by atoms with Crippen molar-refractivity contribution in [3.8, 4) is 0 Å². The average molecular weight is 253 g/mol. The van der Waals surface area contributed by atoms with Crippen LogP contribution in [0.1, 0.15) is 18.4 Å². The van der Waals surface area contributed by atoms with Crippen LogP contribution in [0.25, 0.3) is 0 Å². The van der Waals surface area contributed by atoms with Gasteiger partial charge in [-0.15, -0.1) is 0 Å². The number of nitrogens with one attached hydrogen (secondary N) is 1. The van der Waals surface area contributed by atoms with Gasteiger partial charge in [-0.1, -0.05) is 23.7 Å². The summed E-state index contributed by atoms with van der Waals surface area (Å²) in [6, 6.07) is 8.10. The fraction of sp³-hybridized carbons (Fsp3) is 0.571. The first-order valence-electron chi connectivity index (χ1n) is 6.38. The van der Waals surface area contributed by atoms with E-state index >= 15 is 0 Å². The summed E-state index contributed by atoms with van der Waals surface area (Å²) in [7, 11) is 2.16. The summed E-state index contributed by atoms with van der Waals surface area (Å²) in [5, 5.41) is 4.32. The van der Waals surface area contributed by atoms with Gasteiger partial charge in [0, 0.05) is 24.7 Å². The molecule has 0 heterocycles. The number of hydrogen-bond donors (Lipinski definition) is 1. The molecule has 1 aliphatic carbocycles. The van der Waals surface area contributed by atoms with Crippen LogP contribution in [0, 0.1) is 5.92 Å². The standard InChI is InChI=1S/C14H21ClN2/c1-17(9-8-16-10-12-2-3-12)11-13-4-6-14(15)7-5-13/h4-7,12,16H,2-3,8-11H2,1H3. The third kappa shape index (κ3) is 5.07. The Morgan fingerprint density at radius 3 is 2.65 bits per heavy atom. The van der Waals surface area contributed by atoms with Crippen LogP contribution in [0.2, 0.25) is 5.02 Å². The average Bonchev–Trinajstić information content (AvgIpc) is 3.12. The molecule has 0 amide bonds. The smallest absolute Gasteiger partial charge is 0.0406 e. The minimum atomic E-state index is 0.808. The summed E-state index contributed by atoms with van der Waals surface area (Å²) in [6.07, 6.45) is 2.85. The molecule has 0 saturated heterocycles. The molecule has 0 bridgehead atoms. The SMILES string of the molecule is CN(CCNCC1CC1)Cc1ccc(Cl)cc1. The molecule has 2 nitrogen and oxygen atoms in total. The molecule has 0 aliphatic heterocycles. The predicted octanol–water partition coefficient (Wildman–Crippen LogP) is 2.77. The molecule has 0 aromatic heterocycles. The van der Waals surface area contributed by atoms with Gasteiger partial charge in [-0.3, -0.25) is 0 Å². The summed E-state index contributed by atoms with van der Waals surface area (Å²) >= 11 is 5.86. The highest BCUT2D eigenvalue weighted by Gasteiger charge is 2.19. The highest BCUT2D eigenvalue weighted by Crippen LogP contribution is 2.27. The van der Waals surface area contributed by atoms with Gasteiger partial charge in [-0.25, -0.2) is 0 Å². The summed E-state index contributed by atoms with van der Waals surface area (Å²) in [5.74, 6) is 0.969. The normalized spacial score (nSPS) is 15.5. The Morgan fingerprint density at radius 2 is 2.00 bits per heavy atom. The van der Waals surface area contributed by atoms with Gasteiger partial charge in [-0.05, 0) is 50.0 Å². The molecule has 1 N–H and O–H groups in total. The van der Waals surface area contributed by atoms with Gasteiger partial charge < -0.3 is 10.2 Å². The fourth-order valence-electron chi connectivity index (χ4n) is 1.88. The second-order valence-electron chi connectivity index (χ2n) is 5.01. The van der Waals surface area contributed by atoms with Crippen molar-refractivity contribution in [2.75, 3.05) is 26.7 Å². The Bertz CT molecular complexity index is 333. The quantitative estimate of drug-likeness (QED) is 0.751. The molecule has 1 aromatic carbocycles. The third-order valence-corrected chi connectivity index (χ3v) is 3.42. The Hall–Kier alpha value is -0.570. The van der Waals surface area contributed by atoms with E-state index in [-0.39, 0.29) is 0 Å². The van der Waals surface area contributed by atoms with Crippen LogP contribution in [-0.2, 0) is 6.54 Å². The first kappa shape index (κ1) is 12.9. The Balaban J connectivity index is 1.61. The molecule has 0 radical (unpaired) electrons. The van der Waals surface area contributed by atoms with E-state index in [9.17, 15) is 0 Å². The zero-order valence-corrected chi connectivity index (χ0v) is 11.2. The minimum absolute atomic E-state index is 0.808. The highest BCUT2D eigenvalue weighted by atomic mass is 35.5. The van der Waals surface area contributed by atoms with Crippen LogP contribution in [-0.4, -0.2) is 31.6 Å². The highest BCUT2D eigenvalue weighted by molar-refractivity contribution is 6.30. The first-order chi connectivity index (χ1) is 8.24. The van der Waals surface area contributed by atoms with Crippen molar-refractivity contribution < 1.29 is 0 Å². The first-order valence-corrected chi connectivity index (χ1v) is 6.75. The topological polar surface area (TPSA) is 15.3 Å². The van der Waals surface area contributed by atoms with Crippen LogP contribution in [0.4, 0.5) is 0 Å². The van der Waals surface area contributed by atoms with Crippen LogP contribution < -0.4 is 5.32 Å². The van der Waals surface area contributed by atoms with Crippen molar-refractivity contribution in [1.29, 1.82) is 0 Å². The van der Waals surface area contributed by atoms with Crippen LogP contribution in [0.3, 0.4) is 0 Å². The maximum atomic E-state index is 5.86. The van der Waals surface area contributed by atoms with Gasteiger partial charge in [-0.2, -0.15) is 0 Å². The molecular formula is C14H21ClN2. The zero-order valence-electron chi connectivity index (χ0n) is 10.5. The number of nitrogens with zero attached hydrogens (tertiary/aromatic N) is 1. The van der Waals surface area contributed by atoms with Gasteiger partial charge in [0.25, 0.3) is 0 Å². The van der Waals surface area contributed by atoms with E-state index < -0.39 is 0 Å². The molecule has 1 saturated carbocycles. The summed E-state index contributed by atoms with van der Waals surface area (Å²) in [5.41, 5.74) is 1.32. The second-order valence-corrected chi connectivity index (χ2v) is 5.45. The lowest BCUT2D eigenvalue weighted by Gasteiger charge is -2.17. The predicted molar refractivity (Wildman–Crippen MR) is 73.4 cm³/mol. The van der Waals surface area contributed by atoms with Crippen LogP contribution in [0.5, 0.6) is 0 Å². The van der Waals surface area contributed by atoms with Crippen LogP contribution >= 0.6 is 11.6 Å². The van der Waals surface area contributed by atoms with Crippen molar-refractivity contribution in [2.45, 2.75) is 19.4 Å². The molecule has 1 aliphatic rings. The molecule has 2 rings (SSSR count). The number of rotatable bonds is 7. The monoisotopic (exact) mass is 252 g/mol. The Morgan fingerprint density at radius 1 is 1.29 bits per heavy atom. The van der Waals surface area contributed by atoms with E-state index in [1.54, 1.807) is 0 Å². The third-order valence-electron chi connectivity index (χ3n) is 3.17. The molecule has 0 unspecified atom stereocenters. The number of likely N-dealkylation sites (N-methyl/N-ethyl adjacent to an activating group) is 1. The van der Waals surface area contributed by atoms with E-state index in [1.807, 2.05) is 12.1 Å². The molecule has 0 spiro atoms. The van der Waals surface area contributed by atoms with E-state index in [4.69, 9.17) is 11.6 Å². The maximum Gasteiger partial charge on any atom is 0.0406 e. The Labute approximate surface area is 109 Å². The Kier molecular flexibility index (Phi) is 4.84. The molecule has 3 heteroatoms. The van der Waals surface area contributed by atoms with E-state index in [1.165, 1.54) is 24.9 Å². The largest absolute Gasteiger partial charge is 0.315 e. The van der Waals surface area contributed by atoms with Crippen molar-refractivity contribution in [2.24, 2.45) is 5.92 Å². The maximum absolute atomic E-state index is 5.86. The lowest BCUT2D eigenvalue weighted by molar-refractivity contribution is 0.324. The number of hydrogen-bond acceptors (Lipinski definition) is 2.